The van der Waals surface area contributed by atoms with Crippen LogP contribution in [0, 0.1) is 0 Å². The van der Waals surface area contributed by atoms with E-state index < -0.39 is 34.5 Å². The summed E-state index contributed by atoms with van der Waals surface area (Å²) in [4.78, 5) is 33.2. The van der Waals surface area contributed by atoms with Crippen LogP contribution in [-0.2, 0) is 25.7 Å². The third kappa shape index (κ3) is 9.39. The highest BCUT2D eigenvalue weighted by Crippen LogP contribution is 2.31. The van der Waals surface area contributed by atoms with Crippen LogP contribution in [0.15, 0.2) is 88.3 Å². The highest BCUT2D eigenvalue weighted by molar-refractivity contribution is 7.75. The van der Waals surface area contributed by atoms with Crippen LogP contribution < -0.4 is 21.3 Å². The van der Waals surface area contributed by atoms with Crippen LogP contribution in [0.4, 0.5) is 51.6 Å². The number of urea groups is 1. The van der Waals surface area contributed by atoms with Crippen LogP contribution >= 0.6 is 0 Å². The van der Waals surface area contributed by atoms with Crippen molar-refractivity contribution < 1.29 is 36.8 Å². The molecule has 3 amide bonds. The summed E-state index contributed by atoms with van der Waals surface area (Å²) >= 11 is 0. The molecule has 4 aromatic rings. The van der Waals surface area contributed by atoms with E-state index in [4.69, 9.17) is 4.74 Å². The van der Waals surface area contributed by atoms with E-state index in [0.29, 0.717) is 28.3 Å². The van der Waals surface area contributed by atoms with Gasteiger partial charge in [-0.25, -0.2) is 14.6 Å². The standard InChI is InChI=1S/C30H29F3N7O5S/c1-3-45-29(43)40-46(44)24-9-5-8-23(15-24)36-27-34-16-25(26(39-27)35-18(2)17-41)19-10-12-21(13-11-19)37-28(42)38-22-7-4-6-20(14-22)30(31,32)33/h4-16,18,41H,3,17H2,1-2H3,(H2,37,38,42)(H2,34,35,36,39)/q-1. The minimum atomic E-state index is -4.54. The van der Waals surface area contributed by atoms with Crippen molar-refractivity contribution in [3.8, 4) is 11.1 Å². The normalized spacial score (nSPS) is 12.6. The lowest BCUT2D eigenvalue weighted by Crippen LogP contribution is -2.21. The van der Waals surface area contributed by atoms with Crippen LogP contribution in [-0.4, -0.2) is 46.5 Å². The summed E-state index contributed by atoms with van der Waals surface area (Å²) in [5, 5.41) is 20.7. The number of rotatable bonds is 10. The van der Waals surface area contributed by atoms with Gasteiger partial charge < -0.3 is 35.3 Å². The van der Waals surface area contributed by atoms with Gasteiger partial charge in [-0.15, -0.1) is 10.6 Å². The lowest BCUT2D eigenvalue weighted by molar-refractivity contribution is -0.137. The van der Waals surface area contributed by atoms with Crippen LogP contribution in [0.5, 0.6) is 0 Å². The summed E-state index contributed by atoms with van der Waals surface area (Å²) in [5.74, 6) is 0.547. The third-order valence-electron chi connectivity index (χ3n) is 6.06. The predicted molar refractivity (Wildman–Crippen MR) is 167 cm³/mol. The SMILES string of the molecule is CCOC(=O)N=[S-](=O)c1cccc(Nc2ncc(-c3ccc(NC(=O)Nc4cccc(C(F)(F)F)c4)cc3)c(NC(C)CO)n2)c1. The van der Waals surface area contributed by atoms with E-state index in [2.05, 4.69) is 35.6 Å². The van der Waals surface area contributed by atoms with Gasteiger partial charge in [0, 0.05) is 34.9 Å². The molecule has 0 spiro atoms. The Hall–Kier alpha value is -5.22. The zero-order chi connectivity index (χ0) is 33.3. The summed E-state index contributed by atoms with van der Waals surface area (Å²) in [5.41, 5.74) is 1.16. The zero-order valence-electron chi connectivity index (χ0n) is 24.5. The Balaban J connectivity index is 1.50. The Labute approximate surface area is 263 Å². The molecule has 12 nitrogen and oxygen atoms in total. The molecular weight excluding hydrogens is 627 g/mol. The molecule has 1 atom stereocenters. The van der Waals surface area contributed by atoms with Crippen LogP contribution in [0.2, 0.25) is 0 Å². The Kier molecular flexibility index (Phi) is 11.1. The molecule has 0 bridgehead atoms. The van der Waals surface area contributed by atoms with Gasteiger partial charge in [-0.2, -0.15) is 18.2 Å². The van der Waals surface area contributed by atoms with Gasteiger partial charge in [0.15, 0.2) is 0 Å². The number of amides is 3. The number of hydrogen-bond acceptors (Lipinski definition) is 10. The molecule has 1 unspecified atom stereocenters. The first kappa shape index (κ1) is 33.7. The summed E-state index contributed by atoms with van der Waals surface area (Å²) in [6.45, 7) is 3.28. The van der Waals surface area contributed by atoms with Crippen molar-refractivity contribution in [3.63, 3.8) is 0 Å². The average molecular weight is 657 g/mol. The van der Waals surface area contributed by atoms with Crippen molar-refractivity contribution in [3.05, 3.63) is 84.6 Å². The maximum atomic E-state index is 13.0. The Morgan fingerprint density at radius 2 is 1.70 bits per heavy atom. The Morgan fingerprint density at radius 1 is 1.00 bits per heavy atom. The second-order valence-corrected chi connectivity index (χ2v) is 10.8. The molecule has 0 aliphatic rings. The summed E-state index contributed by atoms with van der Waals surface area (Å²) < 4.78 is 59.6. The third-order valence-corrected chi connectivity index (χ3v) is 7.04. The van der Waals surface area contributed by atoms with Crippen molar-refractivity contribution in [2.24, 2.45) is 4.36 Å². The molecule has 0 radical (unpaired) electrons. The maximum absolute atomic E-state index is 13.0. The number of nitrogens with zero attached hydrogens (tertiary/aromatic N) is 3. The number of nitrogens with one attached hydrogen (secondary N) is 4. The molecule has 46 heavy (non-hydrogen) atoms. The van der Waals surface area contributed by atoms with Crippen molar-refractivity contribution in [1.82, 2.24) is 9.97 Å². The van der Waals surface area contributed by atoms with Crippen molar-refractivity contribution in [2.45, 2.75) is 31.0 Å². The molecule has 242 valence electrons. The molecule has 4 rings (SSSR count). The fourth-order valence-electron chi connectivity index (χ4n) is 3.92. The fourth-order valence-corrected chi connectivity index (χ4v) is 4.64. The number of aromatic nitrogens is 2. The van der Waals surface area contributed by atoms with Crippen LogP contribution in [0.1, 0.15) is 19.4 Å². The smallest absolute Gasteiger partial charge is 0.416 e. The van der Waals surface area contributed by atoms with Gasteiger partial charge in [0.2, 0.25) is 5.95 Å². The Bertz CT molecular complexity index is 1780. The topological polar surface area (TPSA) is 167 Å². The molecule has 5 N–H and O–H groups in total. The highest BCUT2D eigenvalue weighted by atomic mass is 32.2. The lowest BCUT2D eigenvalue weighted by atomic mass is 10.1. The first-order valence-electron chi connectivity index (χ1n) is 13.7. The first-order valence-corrected chi connectivity index (χ1v) is 14.8. The number of aliphatic hydroxyl groups is 1. The van der Waals surface area contributed by atoms with E-state index in [1.165, 1.54) is 24.3 Å². The molecule has 1 heterocycles. The summed E-state index contributed by atoms with van der Waals surface area (Å²) in [6, 6.07) is 16.1. The number of alkyl halides is 3. The second-order valence-electron chi connectivity index (χ2n) is 9.61. The van der Waals surface area contributed by atoms with Gasteiger partial charge in [0.25, 0.3) is 0 Å². The minimum Gasteiger partial charge on any atom is -0.450 e. The number of aliphatic hydroxyl groups excluding tert-OH is 1. The molecular formula is C30H29F3N7O5S-. The molecule has 0 saturated heterocycles. The number of carbonyl (C=O) groups is 2. The van der Waals surface area contributed by atoms with Gasteiger partial charge in [0.1, 0.15) is 5.82 Å². The van der Waals surface area contributed by atoms with E-state index in [9.17, 15) is 32.1 Å². The van der Waals surface area contributed by atoms with Crippen molar-refractivity contribution >= 4 is 51.5 Å². The van der Waals surface area contributed by atoms with E-state index in [1.807, 2.05) is 0 Å². The van der Waals surface area contributed by atoms with E-state index in [1.54, 1.807) is 56.4 Å². The summed E-state index contributed by atoms with van der Waals surface area (Å²) in [7, 11) is -1.99. The summed E-state index contributed by atoms with van der Waals surface area (Å²) in [6.07, 6.45) is -3.93. The minimum absolute atomic E-state index is 0.0184. The number of carbonyl (C=O) groups excluding carboxylic acids is 2. The number of benzene rings is 3. The van der Waals surface area contributed by atoms with E-state index in [-0.39, 0.29) is 35.8 Å². The van der Waals surface area contributed by atoms with Crippen molar-refractivity contribution in [2.75, 3.05) is 34.5 Å². The molecule has 0 aliphatic heterocycles. The van der Waals surface area contributed by atoms with Crippen molar-refractivity contribution in [1.29, 1.82) is 0 Å². The van der Waals surface area contributed by atoms with E-state index in [0.717, 1.165) is 12.1 Å². The molecule has 16 heteroatoms. The predicted octanol–water partition coefficient (Wildman–Crippen LogP) is 7.01. The highest BCUT2D eigenvalue weighted by Gasteiger charge is 2.30. The molecule has 0 saturated carbocycles. The maximum Gasteiger partial charge on any atom is 0.416 e. The van der Waals surface area contributed by atoms with E-state index >= 15 is 0 Å². The van der Waals surface area contributed by atoms with Crippen LogP contribution in [0.25, 0.3) is 11.1 Å². The van der Waals surface area contributed by atoms with Gasteiger partial charge in [0.05, 0.1) is 18.8 Å². The zero-order valence-corrected chi connectivity index (χ0v) is 25.3. The lowest BCUT2D eigenvalue weighted by Gasteiger charge is -2.17. The van der Waals surface area contributed by atoms with Gasteiger partial charge in [-0.05, 0) is 55.8 Å². The van der Waals surface area contributed by atoms with Gasteiger partial charge in [-0.3, -0.25) is 4.36 Å². The largest absolute Gasteiger partial charge is 0.450 e. The molecule has 0 fully saturated rings. The quantitative estimate of drug-likeness (QED) is 0.113. The number of hydrogen-bond donors (Lipinski definition) is 5. The number of halogens is 3. The monoisotopic (exact) mass is 656 g/mol. The fraction of sp³-hybridized carbons (Fsp3) is 0.200. The molecule has 1 aromatic heterocycles. The molecule has 3 aromatic carbocycles. The van der Waals surface area contributed by atoms with Gasteiger partial charge in [-0.1, -0.05) is 41.3 Å². The molecule has 0 aliphatic carbocycles. The Morgan fingerprint density at radius 3 is 2.39 bits per heavy atom. The average Bonchev–Trinajstić information content (AvgIpc) is 3.01. The first-order chi connectivity index (χ1) is 21.9. The second kappa shape index (κ2) is 15.2. The number of anilines is 5. The van der Waals surface area contributed by atoms with Gasteiger partial charge >= 0.3 is 18.3 Å². The van der Waals surface area contributed by atoms with Crippen LogP contribution in [0.3, 0.4) is 0 Å². The number of ether oxygens (including phenoxy) is 1.